The van der Waals surface area contributed by atoms with Crippen LogP contribution in [0.15, 0.2) is 54.6 Å². The van der Waals surface area contributed by atoms with Gasteiger partial charge in [0, 0.05) is 0 Å². The number of hydrogen-bond donors (Lipinski definition) is 0. The Labute approximate surface area is 121 Å². The van der Waals surface area contributed by atoms with Crippen LogP contribution in [0, 0.1) is 0 Å². The van der Waals surface area contributed by atoms with Gasteiger partial charge in [0.25, 0.3) is 0 Å². The van der Waals surface area contributed by atoms with Crippen molar-refractivity contribution in [2.24, 2.45) is 0 Å². The smallest absolute Gasteiger partial charge is 0.228 e. The predicted molar refractivity (Wildman–Crippen MR) is 74.2 cm³/mol. The van der Waals surface area contributed by atoms with Crippen LogP contribution in [0.5, 0.6) is 0 Å². The highest BCUT2D eigenvalue weighted by molar-refractivity contribution is 7.89. The van der Waals surface area contributed by atoms with Crippen molar-refractivity contribution in [3.63, 3.8) is 0 Å². The van der Waals surface area contributed by atoms with Crippen molar-refractivity contribution >= 4 is 9.84 Å². The number of hydrogen-bond acceptors (Lipinski definition) is 2. The van der Waals surface area contributed by atoms with E-state index in [4.69, 9.17) is 0 Å². The zero-order valence-electron chi connectivity index (χ0n) is 11.0. The molecule has 21 heavy (non-hydrogen) atoms. The summed E-state index contributed by atoms with van der Waals surface area (Å²) in [4.78, 5) is 0. The van der Waals surface area contributed by atoms with E-state index in [-0.39, 0.29) is 11.3 Å². The first kappa shape index (κ1) is 15.6. The fraction of sp³-hybridized carbons (Fsp3) is 0.200. The zero-order valence-corrected chi connectivity index (χ0v) is 11.8. The molecule has 2 rings (SSSR count). The number of benzene rings is 2. The van der Waals surface area contributed by atoms with Gasteiger partial charge in [-0.1, -0.05) is 48.5 Å². The summed E-state index contributed by atoms with van der Waals surface area (Å²) in [6.07, 6.45) is -4.47. The third-order valence-corrected chi connectivity index (χ3v) is 4.42. The second kappa shape index (κ2) is 5.89. The van der Waals surface area contributed by atoms with Crippen LogP contribution < -0.4 is 0 Å². The lowest BCUT2D eigenvalue weighted by Gasteiger charge is -2.09. The van der Waals surface area contributed by atoms with E-state index in [2.05, 4.69) is 0 Å². The molecule has 0 N–H and O–H groups in total. The molecule has 0 radical (unpaired) electrons. The van der Waals surface area contributed by atoms with E-state index in [1.54, 1.807) is 30.3 Å². The van der Waals surface area contributed by atoms with Gasteiger partial charge >= 0.3 is 6.18 Å². The van der Waals surface area contributed by atoms with E-state index >= 15 is 0 Å². The summed E-state index contributed by atoms with van der Waals surface area (Å²) in [6.45, 7) is 0. The summed E-state index contributed by atoms with van der Waals surface area (Å²) >= 11 is 0. The lowest BCUT2D eigenvalue weighted by atomic mass is 10.1. The molecule has 2 nitrogen and oxygen atoms in total. The van der Waals surface area contributed by atoms with Crippen LogP contribution in [0.4, 0.5) is 13.2 Å². The second-order valence-electron chi connectivity index (χ2n) is 4.72. The van der Waals surface area contributed by atoms with Gasteiger partial charge in [0.05, 0.1) is 17.1 Å². The molecule has 0 saturated heterocycles. The predicted octanol–water partition coefficient (Wildman–Crippen LogP) is 3.82. The van der Waals surface area contributed by atoms with Gasteiger partial charge in [0.15, 0.2) is 9.84 Å². The first-order chi connectivity index (χ1) is 9.76. The highest BCUT2D eigenvalue weighted by Crippen LogP contribution is 2.30. The van der Waals surface area contributed by atoms with Gasteiger partial charge < -0.3 is 0 Å². The molecule has 0 aromatic heterocycles. The van der Waals surface area contributed by atoms with Crippen LogP contribution in [0.3, 0.4) is 0 Å². The van der Waals surface area contributed by atoms with Crippen molar-refractivity contribution in [3.05, 3.63) is 71.3 Å². The third kappa shape index (κ3) is 4.60. The second-order valence-corrected chi connectivity index (χ2v) is 6.78. The first-order valence-electron chi connectivity index (χ1n) is 6.17. The standard InChI is InChI=1S/C15H13F3O2S/c16-15(17,18)14-8-4-7-13(9-14)11-21(19,20)10-12-5-2-1-3-6-12/h1-9H,10-11H2. The minimum atomic E-state index is -4.47. The van der Waals surface area contributed by atoms with E-state index < -0.39 is 27.3 Å². The Kier molecular flexibility index (Phi) is 4.37. The van der Waals surface area contributed by atoms with Crippen molar-refractivity contribution in [1.82, 2.24) is 0 Å². The van der Waals surface area contributed by atoms with E-state index in [0.29, 0.717) is 5.56 Å². The van der Waals surface area contributed by atoms with Crippen LogP contribution in [-0.2, 0) is 27.5 Å². The Morgan fingerprint density at radius 1 is 0.810 bits per heavy atom. The SMILES string of the molecule is O=S(=O)(Cc1ccccc1)Cc1cccc(C(F)(F)F)c1. The molecule has 0 unspecified atom stereocenters. The van der Waals surface area contributed by atoms with Gasteiger partial charge in [0.2, 0.25) is 0 Å². The maximum atomic E-state index is 12.6. The maximum Gasteiger partial charge on any atom is 0.416 e. The lowest BCUT2D eigenvalue weighted by Crippen LogP contribution is -2.10. The van der Waals surface area contributed by atoms with Crippen LogP contribution in [0.1, 0.15) is 16.7 Å². The minimum Gasteiger partial charge on any atom is -0.228 e. The molecule has 0 aliphatic rings. The Bertz CT molecular complexity index is 707. The van der Waals surface area contributed by atoms with Gasteiger partial charge in [-0.2, -0.15) is 13.2 Å². The molecule has 0 amide bonds. The summed E-state index contributed by atoms with van der Waals surface area (Å²) < 4.78 is 61.9. The number of sulfone groups is 1. The van der Waals surface area contributed by atoms with Crippen LogP contribution in [-0.4, -0.2) is 8.42 Å². The molecule has 2 aromatic carbocycles. The van der Waals surface area contributed by atoms with E-state index in [0.717, 1.165) is 12.1 Å². The van der Waals surface area contributed by atoms with E-state index in [1.165, 1.54) is 12.1 Å². The Morgan fingerprint density at radius 2 is 1.38 bits per heavy atom. The quantitative estimate of drug-likeness (QED) is 0.860. The summed E-state index contributed by atoms with van der Waals surface area (Å²) in [5.41, 5.74) is -0.0832. The van der Waals surface area contributed by atoms with Crippen molar-refractivity contribution in [2.75, 3.05) is 0 Å². The molecule has 0 aliphatic carbocycles. The lowest BCUT2D eigenvalue weighted by molar-refractivity contribution is -0.137. The van der Waals surface area contributed by atoms with Crippen molar-refractivity contribution < 1.29 is 21.6 Å². The summed E-state index contributed by atoms with van der Waals surface area (Å²) in [6, 6.07) is 12.9. The molecule has 2 aromatic rings. The topological polar surface area (TPSA) is 34.1 Å². The van der Waals surface area contributed by atoms with Crippen molar-refractivity contribution in [1.29, 1.82) is 0 Å². The Morgan fingerprint density at radius 3 is 2.00 bits per heavy atom. The van der Waals surface area contributed by atoms with Gasteiger partial charge in [-0.25, -0.2) is 8.42 Å². The minimum absolute atomic E-state index is 0.140. The number of alkyl halides is 3. The van der Waals surface area contributed by atoms with Gasteiger partial charge in [0.1, 0.15) is 0 Å². The summed E-state index contributed by atoms with van der Waals surface area (Å²) in [7, 11) is -3.52. The highest BCUT2D eigenvalue weighted by atomic mass is 32.2. The van der Waals surface area contributed by atoms with E-state index in [1.807, 2.05) is 0 Å². The average molecular weight is 314 g/mol. The molecular formula is C15H13F3O2S. The maximum absolute atomic E-state index is 12.6. The largest absolute Gasteiger partial charge is 0.416 e. The molecule has 0 saturated carbocycles. The first-order valence-corrected chi connectivity index (χ1v) is 7.99. The zero-order chi connectivity index (χ0) is 15.5. The van der Waals surface area contributed by atoms with Crippen LogP contribution in [0.2, 0.25) is 0 Å². The van der Waals surface area contributed by atoms with Crippen LogP contribution in [0.25, 0.3) is 0 Å². The number of halogens is 3. The van der Waals surface area contributed by atoms with E-state index in [9.17, 15) is 21.6 Å². The molecule has 0 aliphatic heterocycles. The monoisotopic (exact) mass is 314 g/mol. The molecule has 6 heteroatoms. The molecule has 0 heterocycles. The van der Waals surface area contributed by atoms with Crippen LogP contribution >= 0.6 is 0 Å². The van der Waals surface area contributed by atoms with Gasteiger partial charge in [-0.15, -0.1) is 0 Å². The fourth-order valence-electron chi connectivity index (χ4n) is 1.97. The van der Waals surface area contributed by atoms with Crippen molar-refractivity contribution in [3.8, 4) is 0 Å². The molecule has 0 bridgehead atoms. The summed E-state index contributed by atoms with van der Waals surface area (Å²) in [5, 5.41) is 0. The van der Waals surface area contributed by atoms with Gasteiger partial charge in [-0.05, 0) is 17.2 Å². The molecule has 0 spiro atoms. The molecule has 0 atom stereocenters. The molecule has 112 valence electrons. The summed E-state index contributed by atoms with van der Waals surface area (Å²) in [5.74, 6) is -0.601. The molecule has 0 fully saturated rings. The highest BCUT2D eigenvalue weighted by Gasteiger charge is 2.30. The Balaban J connectivity index is 2.17. The Hall–Kier alpha value is -1.82. The van der Waals surface area contributed by atoms with Gasteiger partial charge in [-0.3, -0.25) is 0 Å². The molecular weight excluding hydrogens is 301 g/mol. The number of rotatable bonds is 4. The normalized spacial score (nSPS) is 12.3. The fourth-order valence-corrected chi connectivity index (χ4v) is 3.46. The van der Waals surface area contributed by atoms with Crippen molar-refractivity contribution in [2.45, 2.75) is 17.7 Å². The third-order valence-electron chi connectivity index (χ3n) is 2.87. The average Bonchev–Trinajstić information content (AvgIpc) is 2.38.